The quantitative estimate of drug-likeness (QED) is 0.284. The summed E-state index contributed by atoms with van der Waals surface area (Å²) >= 11 is 0. The van der Waals surface area contributed by atoms with Crippen LogP contribution in [-0.2, 0) is 4.79 Å². The van der Waals surface area contributed by atoms with Gasteiger partial charge in [-0.25, -0.2) is 4.99 Å². The zero-order chi connectivity index (χ0) is 22.1. The number of piperidine rings is 1. The summed E-state index contributed by atoms with van der Waals surface area (Å²) in [4.78, 5) is 19.4. The Morgan fingerprint density at radius 3 is 2.35 bits per heavy atom. The molecular formula is C21H39F3IN5O. The van der Waals surface area contributed by atoms with Crippen molar-refractivity contribution in [3.05, 3.63) is 0 Å². The highest BCUT2D eigenvalue weighted by molar-refractivity contribution is 14.0. The van der Waals surface area contributed by atoms with Crippen LogP contribution in [0.25, 0.3) is 0 Å². The van der Waals surface area contributed by atoms with Gasteiger partial charge in [-0.3, -0.25) is 9.69 Å². The molecule has 0 spiro atoms. The Kier molecular flexibility index (Phi) is 12.5. The predicted octanol–water partition coefficient (Wildman–Crippen LogP) is 3.47. The van der Waals surface area contributed by atoms with Crippen LogP contribution in [0.5, 0.6) is 0 Å². The Labute approximate surface area is 201 Å². The highest BCUT2D eigenvalue weighted by Crippen LogP contribution is 2.25. The molecule has 0 bridgehead atoms. The number of rotatable bonds is 7. The fraction of sp³-hybridized carbons (Fsp3) is 0.905. The number of halogens is 4. The van der Waals surface area contributed by atoms with Gasteiger partial charge < -0.3 is 15.5 Å². The van der Waals surface area contributed by atoms with Crippen LogP contribution in [0.1, 0.15) is 51.9 Å². The van der Waals surface area contributed by atoms with E-state index in [2.05, 4.69) is 22.5 Å². The first kappa shape index (κ1) is 28.3. The second-order valence-electron chi connectivity index (χ2n) is 9.02. The van der Waals surface area contributed by atoms with Crippen molar-refractivity contribution in [1.82, 2.24) is 20.4 Å². The van der Waals surface area contributed by atoms with Gasteiger partial charge in [0.15, 0.2) is 5.96 Å². The maximum atomic E-state index is 12.5. The smallest absolute Gasteiger partial charge is 0.356 e. The lowest BCUT2D eigenvalue weighted by Gasteiger charge is -2.33. The molecule has 2 rings (SSSR count). The van der Waals surface area contributed by atoms with Crippen LogP contribution in [0.3, 0.4) is 0 Å². The molecule has 2 aliphatic rings. The molecule has 0 aromatic heterocycles. The standard InChI is InChI=1S/C21H38F3N5O.HI/c1-16-6-4-5-7-18(16)27-20(26-14-19(30)28(2)3)25-11-8-17-9-12-29(13-10-17)15-21(22,23)24;/h16-18H,4-15H2,1-3H3,(H2,25,26,27);1H. The summed E-state index contributed by atoms with van der Waals surface area (Å²) in [5.41, 5.74) is 0. The van der Waals surface area contributed by atoms with Crippen molar-refractivity contribution in [3.63, 3.8) is 0 Å². The Morgan fingerprint density at radius 1 is 1.13 bits per heavy atom. The molecule has 2 N–H and O–H groups in total. The van der Waals surface area contributed by atoms with Crippen molar-refractivity contribution in [1.29, 1.82) is 0 Å². The summed E-state index contributed by atoms with van der Waals surface area (Å²) in [5, 5.41) is 6.86. The van der Waals surface area contributed by atoms with Crippen molar-refractivity contribution < 1.29 is 18.0 Å². The highest BCUT2D eigenvalue weighted by atomic mass is 127. The largest absolute Gasteiger partial charge is 0.401 e. The number of guanidine groups is 1. The van der Waals surface area contributed by atoms with Gasteiger partial charge in [0.1, 0.15) is 6.54 Å². The lowest BCUT2D eigenvalue weighted by Crippen LogP contribution is -2.48. The van der Waals surface area contributed by atoms with Crippen LogP contribution in [-0.4, -0.2) is 80.7 Å². The van der Waals surface area contributed by atoms with Crippen LogP contribution >= 0.6 is 24.0 Å². The van der Waals surface area contributed by atoms with Gasteiger partial charge >= 0.3 is 6.18 Å². The Balaban J connectivity index is 0.00000480. The topological polar surface area (TPSA) is 60.0 Å². The van der Waals surface area contributed by atoms with Crippen molar-refractivity contribution >= 4 is 35.8 Å². The maximum absolute atomic E-state index is 12.5. The molecule has 0 radical (unpaired) electrons. The average Bonchev–Trinajstić information content (AvgIpc) is 2.67. The van der Waals surface area contributed by atoms with E-state index in [1.807, 2.05) is 0 Å². The first-order valence-electron chi connectivity index (χ1n) is 11.2. The number of aliphatic imine (C=N–C) groups is 1. The molecule has 0 aromatic rings. The van der Waals surface area contributed by atoms with Gasteiger partial charge in [0.2, 0.25) is 5.91 Å². The first-order valence-corrected chi connectivity index (χ1v) is 11.2. The zero-order valence-corrected chi connectivity index (χ0v) is 21.3. The minimum absolute atomic E-state index is 0. The predicted molar refractivity (Wildman–Crippen MR) is 129 cm³/mol. The fourth-order valence-corrected chi connectivity index (χ4v) is 4.23. The van der Waals surface area contributed by atoms with Gasteiger partial charge in [-0.15, -0.1) is 24.0 Å². The number of hydrogen-bond acceptors (Lipinski definition) is 3. The maximum Gasteiger partial charge on any atom is 0.401 e. The number of hydrogen-bond donors (Lipinski definition) is 2. The van der Waals surface area contributed by atoms with E-state index in [1.165, 1.54) is 29.1 Å². The third-order valence-electron chi connectivity index (χ3n) is 6.26. The molecule has 2 unspecified atom stereocenters. The van der Waals surface area contributed by atoms with E-state index < -0.39 is 12.7 Å². The molecule has 2 fully saturated rings. The zero-order valence-electron chi connectivity index (χ0n) is 19.0. The van der Waals surface area contributed by atoms with Crippen LogP contribution in [0.2, 0.25) is 0 Å². The minimum Gasteiger partial charge on any atom is -0.356 e. The van der Waals surface area contributed by atoms with Gasteiger partial charge in [-0.05, 0) is 57.0 Å². The normalized spacial score (nSPS) is 23.7. The van der Waals surface area contributed by atoms with Gasteiger partial charge in [0.25, 0.3) is 0 Å². The molecule has 1 aliphatic heterocycles. The SMILES string of the molecule is CC1CCCCC1NC(=NCC(=O)N(C)C)NCCC1CCN(CC(F)(F)F)CC1.I. The van der Waals surface area contributed by atoms with Crippen molar-refractivity contribution in [2.24, 2.45) is 16.8 Å². The number of carbonyl (C=O) groups excluding carboxylic acids is 1. The number of amides is 1. The summed E-state index contributed by atoms with van der Waals surface area (Å²) in [7, 11) is 3.43. The van der Waals surface area contributed by atoms with Crippen molar-refractivity contribution in [2.75, 3.05) is 46.8 Å². The number of alkyl halides is 3. The molecule has 1 heterocycles. The molecule has 1 aliphatic carbocycles. The lowest BCUT2D eigenvalue weighted by atomic mass is 9.86. The molecule has 1 saturated carbocycles. The summed E-state index contributed by atoms with van der Waals surface area (Å²) in [6.07, 6.45) is 3.09. The molecule has 6 nitrogen and oxygen atoms in total. The molecule has 1 saturated heterocycles. The molecule has 2 atom stereocenters. The second-order valence-corrected chi connectivity index (χ2v) is 9.02. The molecule has 10 heteroatoms. The van der Waals surface area contributed by atoms with Gasteiger partial charge in [-0.2, -0.15) is 13.2 Å². The van der Waals surface area contributed by atoms with Gasteiger partial charge in [0, 0.05) is 26.7 Å². The van der Waals surface area contributed by atoms with Crippen LogP contribution < -0.4 is 10.6 Å². The number of carbonyl (C=O) groups is 1. The van der Waals surface area contributed by atoms with Gasteiger partial charge in [0.05, 0.1) is 6.54 Å². The third kappa shape index (κ3) is 11.1. The molecule has 0 aromatic carbocycles. The summed E-state index contributed by atoms with van der Waals surface area (Å²) in [6.45, 7) is 3.24. The van der Waals surface area contributed by atoms with E-state index in [4.69, 9.17) is 0 Å². The summed E-state index contributed by atoms with van der Waals surface area (Å²) in [5.74, 6) is 1.59. The third-order valence-corrected chi connectivity index (χ3v) is 6.26. The molecule has 31 heavy (non-hydrogen) atoms. The van der Waals surface area contributed by atoms with E-state index in [9.17, 15) is 18.0 Å². The average molecular weight is 561 g/mol. The number of likely N-dealkylation sites (N-methyl/N-ethyl adjacent to an activating group) is 1. The monoisotopic (exact) mass is 561 g/mol. The van der Waals surface area contributed by atoms with Gasteiger partial charge in [-0.1, -0.05) is 19.8 Å². The van der Waals surface area contributed by atoms with E-state index in [0.29, 0.717) is 43.5 Å². The van der Waals surface area contributed by atoms with E-state index in [-0.39, 0.29) is 36.4 Å². The fourth-order valence-electron chi connectivity index (χ4n) is 4.23. The number of nitrogens with one attached hydrogen (secondary N) is 2. The molecule has 1 amide bonds. The number of likely N-dealkylation sites (tertiary alicyclic amines) is 1. The van der Waals surface area contributed by atoms with E-state index in [0.717, 1.165) is 25.7 Å². The van der Waals surface area contributed by atoms with E-state index in [1.54, 1.807) is 14.1 Å². The molecular weight excluding hydrogens is 522 g/mol. The minimum atomic E-state index is -4.12. The number of nitrogens with zero attached hydrogens (tertiary/aromatic N) is 3. The summed E-state index contributed by atoms with van der Waals surface area (Å²) < 4.78 is 37.6. The van der Waals surface area contributed by atoms with E-state index >= 15 is 0 Å². The summed E-state index contributed by atoms with van der Waals surface area (Å²) in [6, 6.07) is 0.352. The first-order chi connectivity index (χ1) is 14.1. The second kappa shape index (κ2) is 13.7. The van der Waals surface area contributed by atoms with Crippen LogP contribution in [0.15, 0.2) is 4.99 Å². The van der Waals surface area contributed by atoms with Crippen LogP contribution in [0, 0.1) is 11.8 Å². The van der Waals surface area contributed by atoms with Crippen molar-refractivity contribution in [2.45, 2.75) is 64.1 Å². The highest BCUT2D eigenvalue weighted by Gasteiger charge is 2.32. The van der Waals surface area contributed by atoms with Crippen LogP contribution in [0.4, 0.5) is 13.2 Å². The Hall–Kier alpha value is -0.780. The van der Waals surface area contributed by atoms with Crippen molar-refractivity contribution in [3.8, 4) is 0 Å². The lowest BCUT2D eigenvalue weighted by molar-refractivity contribution is -0.148. The molecule has 182 valence electrons. The Bertz CT molecular complexity index is 566. The Morgan fingerprint density at radius 2 is 1.77 bits per heavy atom.